The molecule has 0 aliphatic carbocycles. The molecule has 98 valence electrons. The van der Waals surface area contributed by atoms with Crippen LogP contribution in [0.4, 0.5) is 4.79 Å². The highest BCUT2D eigenvalue weighted by molar-refractivity contribution is 5.69. The van der Waals surface area contributed by atoms with Gasteiger partial charge in [0, 0.05) is 12.6 Å². The number of hydrogen-bond acceptors (Lipinski definition) is 4. The second kappa shape index (κ2) is 4.14. The third-order valence-corrected chi connectivity index (χ3v) is 3.14. The molecule has 5 heteroatoms. The second-order valence-electron chi connectivity index (χ2n) is 6.12. The number of nitrogens with zero attached hydrogens (tertiary/aromatic N) is 1. The van der Waals surface area contributed by atoms with Crippen LogP contribution in [-0.2, 0) is 9.47 Å². The molecule has 2 aliphatic rings. The Bertz CT molecular complexity index is 305. The molecule has 2 rings (SSSR count). The summed E-state index contributed by atoms with van der Waals surface area (Å²) in [6.45, 7) is 7.52. The van der Waals surface area contributed by atoms with Crippen molar-refractivity contribution < 1.29 is 14.3 Å². The number of carbonyl (C=O) groups is 1. The standard InChI is InChI=1S/C12H22N2O3/c1-11(2,3)17-10(15)14-7-12(8-14)6-9(13)4-5-16-12/h9H,4-8,13H2,1-3H3. The second-order valence-corrected chi connectivity index (χ2v) is 6.12. The number of amides is 1. The average molecular weight is 242 g/mol. The minimum atomic E-state index is -0.441. The number of hydrogen-bond donors (Lipinski definition) is 1. The maximum absolute atomic E-state index is 11.8. The number of rotatable bonds is 0. The Morgan fingerprint density at radius 3 is 2.65 bits per heavy atom. The third-order valence-electron chi connectivity index (χ3n) is 3.14. The van der Waals surface area contributed by atoms with Gasteiger partial charge in [-0.3, -0.25) is 0 Å². The van der Waals surface area contributed by atoms with E-state index >= 15 is 0 Å². The molecule has 1 spiro atoms. The van der Waals surface area contributed by atoms with E-state index in [9.17, 15) is 4.79 Å². The van der Waals surface area contributed by atoms with E-state index in [2.05, 4.69) is 0 Å². The first-order valence-corrected chi connectivity index (χ1v) is 6.17. The summed E-state index contributed by atoms with van der Waals surface area (Å²) in [5.41, 5.74) is 5.29. The van der Waals surface area contributed by atoms with Crippen molar-refractivity contribution in [3.05, 3.63) is 0 Å². The van der Waals surface area contributed by atoms with Crippen LogP contribution in [0.2, 0.25) is 0 Å². The fourth-order valence-electron chi connectivity index (χ4n) is 2.39. The number of ether oxygens (including phenoxy) is 2. The predicted octanol–water partition coefficient (Wildman–Crippen LogP) is 1.11. The normalized spacial score (nSPS) is 27.8. The molecule has 2 heterocycles. The molecular weight excluding hydrogens is 220 g/mol. The van der Waals surface area contributed by atoms with Gasteiger partial charge >= 0.3 is 6.09 Å². The zero-order chi connectivity index (χ0) is 12.7. The number of nitrogens with two attached hydrogens (primary N) is 1. The van der Waals surface area contributed by atoms with Crippen molar-refractivity contribution in [3.63, 3.8) is 0 Å². The average Bonchev–Trinajstić information content (AvgIpc) is 2.10. The van der Waals surface area contributed by atoms with Gasteiger partial charge in [0.15, 0.2) is 0 Å². The quantitative estimate of drug-likeness (QED) is 0.691. The van der Waals surface area contributed by atoms with Crippen molar-refractivity contribution in [2.24, 2.45) is 5.73 Å². The molecule has 2 saturated heterocycles. The fraction of sp³-hybridized carbons (Fsp3) is 0.917. The Morgan fingerprint density at radius 1 is 1.47 bits per heavy atom. The van der Waals surface area contributed by atoms with E-state index in [4.69, 9.17) is 15.2 Å². The summed E-state index contributed by atoms with van der Waals surface area (Å²) in [5, 5.41) is 0. The van der Waals surface area contributed by atoms with E-state index in [1.807, 2.05) is 20.8 Å². The maximum atomic E-state index is 11.8. The van der Waals surface area contributed by atoms with Crippen LogP contribution >= 0.6 is 0 Å². The van der Waals surface area contributed by atoms with Crippen molar-refractivity contribution in [2.75, 3.05) is 19.7 Å². The van der Waals surface area contributed by atoms with E-state index < -0.39 is 5.60 Å². The van der Waals surface area contributed by atoms with Crippen molar-refractivity contribution in [2.45, 2.75) is 50.9 Å². The minimum absolute atomic E-state index is 0.199. The van der Waals surface area contributed by atoms with Crippen LogP contribution in [0.25, 0.3) is 0 Å². The molecule has 0 radical (unpaired) electrons. The summed E-state index contributed by atoms with van der Waals surface area (Å²) in [5.74, 6) is 0. The van der Waals surface area contributed by atoms with Crippen molar-refractivity contribution in [1.82, 2.24) is 4.90 Å². The van der Waals surface area contributed by atoms with Gasteiger partial charge in [0.1, 0.15) is 11.2 Å². The van der Waals surface area contributed by atoms with E-state index in [0.717, 1.165) is 12.8 Å². The molecule has 0 bridgehead atoms. The zero-order valence-corrected chi connectivity index (χ0v) is 10.9. The maximum Gasteiger partial charge on any atom is 0.410 e. The van der Waals surface area contributed by atoms with Crippen LogP contribution in [0.5, 0.6) is 0 Å². The summed E-state index contributed by atoms with van der Waals surface area (Å²) >= 11 is 0. The Kier molecular flexibility index (Phi) is 3.08. The SMILES string of the molecule is CC(C)(C)OC(=O)N1CC2(CC(N)CCO2)C1. The summed E-state index contributed by atoms with van der Waals surface area (Å²) in [6, 6.07) is 0.199. The van der Waals surface area contributed by atoms with Gasteiger partial charge in [-0.25, -0.2) is 4.79 Å². The molecule has 5 nitrogen and oxygen atoms in total. The zero-order valence-electron chi connectivity index (χ0n) is 10.9. The third kappa shape index (κ3) is 2.90. The molecule has 1 atom stereocenters. The fourth-order valence-corrected chi connectivity index (χ4v) is 2.39. The lowest BCUT2D eigenvalue weighted by molar-refractivity contribution is -0.164. The highest BCUT2D eigenvalue weighted by atomic mass is 16.6. The van der Waals surface area contributed by atoms with Gasteiger partial charge in [-0.05, 0) is 33.6 Å². The van der Waals surface area contributed by atoms with Crippen molar-refractivity contribution in [3.8, 4) is 0 Å². The topological polar surface area (TPSA) is 64.8 Å². The summed E-state index contributed by atoms with van der Waals surface area (Å²) in [6.07, 6.45) is 1.49. The Labute approximate surface area is 102 Å². The molecule has 0 saturated carbocycles. The van der Waals surface area contributed by atoms with Gasteiger partial charge < -0.3 is 20.1 Å². The minimum Gasteiger partial charge on any atom is -0.444 e. The van der Waals surface area contributed by atoms with E-state index in [0.29, 0.717) is 19.7 Å². The lowest BCUT2D eigenvalue weighted by Gasteiger charge is -2.52. The van der Waals surface area contributed by atoms with Crippen LogP contribution < -0.4 is 5.73 Å². The molecule has 1 unspecified atom stereocenters. The lowest BCUT2D eigenvalue weighted by Crippen LogP contribution is -2.68. The monoisotopic (exact) mass is 242 g/mol. The predicted molar refractivity (Wildman–Crippen MR) is 63.7 cm³/mol. The largest absolute Gasteiger partial charge is 0.444 e. The van der Waals surface area contributed by atoms with Gasteiger partial charge in [0.05, 0.1) is 13.1 Å². The first-order chi connectivity index (χ1) is 7.80. The van der Waals surface area contributed by atoms with Crippen LogP contribution in [0.1, 0.15) is 33.6 Å². The van der Waals surface area contributed by atoms with Gasteiger partial charge in [0.2, 0.25) is 0 Å². The summed E-state index contributed by atoms with van der Waals surface area (Å²) in [7, 11) is 0. The van der Waals surface area contributed by atoms with Gasteiger partial charge in [-0.15, -0.1) is 0 Å². The van der Waals surface area contributed by atoms with Gasteiger partial charge in [-0.1, -0.05) is 0 Å². The molecule has 1 amide bonds. The van der Waals surface area contributed by atoms with Crippen LogP contribution in [0, 0.1) is 0 Å². The molecule has 0 aromatic carbocycles. The van der Waals surface area contributed by atoms with Crippen molar-refractivity contribution >= 4 is 6.09 Å². The smallest absolute Gasteiger partial charge is 0.410 e. The lowest BCUT2D eigenvalue weighted by atomic mass is 9.84. The highest BCUT2D eigenvalue weighted by Crippen LogP contribution is 2.34. The van der Waals surface area contributed by atoms with Crippen LogP contribution in [-0.4, -0.2) is 47.9 Å². The molecule has 17 heavy (non-hydrogen) atoms. The van der Waals surface area contributed by atoms with E-state index in [1.165, 1.54) is 0 Å². The Morgan fingerprint density at radius 2 is 2.12 bits per heavy atom. The van der Waals surface area contributed by atoms with Crippen LogP contribution in [0.3, 0.4) is 0 Å². The molecule has 2 aliphatic heterocycles. The van der Waals surface area contributed by atoms with E-state index in [-0.39, 0.29) is 17.7 Å². The van der Waals surface area contributed by atoms with Crippen molar-refractivity contribution in [1.29, 1.82) is 0 Å². The molecule has 2 fully saturated rings. The molecule has 2 N–H and O–H groups in total. The first kappa shape index (κ1) is 12.6. The van der Waals surface area contributed by atoms with Gasteiger partial charge in [-0.2, -0.15) is 0 Å². The number of carbonyl (C=O) groups excluding carboxylic acids is 1. The Balaban J connectivity index is 1.83. The highest BCUT2D eigenvalue weighted by Gasteiger charge is 2.49. The Hall–Kier alpha value is -0.810. The van der Waals surface area contributed by atoms with Gasteiger partial charge in [0.25, 0.3) is 0 Å². The summed E-state index contributed by atoms with van der Waals surface area (Å²) in [4.78, 5) is 13.4. The first-order valence-electron chi connectivity index (χ1n) is 6.17. The van der Waals surface area contributed by atoms with Crippen LogP contribution in [0.15, 0.2) is 0 Å². The van der Waals surface area contributed by atoms with E-state index in [1.54, 1.807) is 4.90 Å². The molecular formula is C12H22N2O3. The number of likely N-dealkylation sites (tertiary alicyclic amines) is 1. The summed E-state index contributed by atoms with van der Waals surface area (Å²) < 4.78 is 11.1. The molecule has 0 aromatic heterocycles. The molecule has 0 aromatic rings.